The molecule has 0 unspecified atom stereocenters. The maximum absolute atomic E-state index is 5.45. The number of hydrogen-bond donors (Lipinski definition) is 1. The lowest BCUT2D eigenvalue weighted by Gasteiger charge is -1.87. The molecule has 44 valence electrons. The van der Waals surface area contributed by atoms with Crippen LogP contribution in [0.5, 0.6) is 0 Å². The van der Waals surface area contributed by atoms with E-state index in [1.165, 1.54) is 0 Å². The van der Waals surface area contributed by atoms with Crippen molar-refractivity contribution in [1.82, 2.24) is 9.55 Å². The fraction of sp³-hybridized carbons (Fsp3) is 0.250. The molecule has 4 heteroatoms. The third kappa shape index (κ3) is 0.767. The van der Waals surface area contributed by atoms with E-state index in [0.717, 1.165) is 0 Å². The smallest absolute Gasteiger partial charge is 0.201 e. The van der Waals surface area contributed by atoms with Gasteiger partial charge in [-0.3, -0.25) is 0 Å². The Morgan fingerprint density at radius 3 is 2.62 bits per heavy atom. The zero-order valence-corrected chi connectivity index (χ0v) is 5.18. The molecule has 0 amide bonds. The predicted molar refractivity (Wildman–Crippen MR) is 32.6 cm³/mol. The number of aromatic nitrogens is 2. The van der Waals surface area contributed by atoms with Crippen molar-refractivity contribution in [2.24, 2.45) is 7.05 Å². The SMILES string of the molecule is Cn1cc(Cl)nc1N. The van der Waals surface area contributed by atoms with Crippen LogP contribution in [0.2, 0.25) is 5.15 Å². The van der Waals surface area contributed by atoms with Crippen LogP contribution in [-0.4, -0.2) is 9.55 Å². The molecule has 0 aromatic carbocycles. The molecule has 1 heterocycles. The van der Waals surface area contributed by atoms with Gasteiger partial charge in [0.1, 0.15) is 5.15 Å². The normalized spacial score (nSPS) is 9.75. The highest BCUT2D eigenvalue weighted by Gasteiger charge is 1.94. The van der Waals surface area contributed by atoms with Gasteiger partial charge in [-0.2, -0.15) is 0 Å². The Morgan fingerprint density at radius 1 is 1.88 bits per heavy atom. The van der Waals surface area contributed by atoms with Gasteiger partial charge in [0.25, 0.3) is 0 Å². The lowest BCUT2D eigenvalue weighted by molar-refractivity contribution is 0.930. The summed E-state index contributed by atoms with van der Waals surface area (Å²) in [7, 11) is 1.79. The molecule has 8 heavy (non-hydrogen) atoms. The van der Waals surface area contributed by atoms with Gasteiger partial charge in [0.05, 0.1) is 0 Å². The van der Waals surface area contributed by atoms with Crippen LogP contribution in [0.3, 0.4) is 0 Å². The number of nitrogens with two attached hydrogens (primary N) is 1. The Kier molecular flexibility index (Phi) is 1.13. The first-order valence-electron chi connectivity index (χ1n) is 2.14. The van der Waals surface area contributed by atoms with E-state index in [-0.39, 0.29) is 0 Å². The second kappa shape index (κ2) is 1.67. The summed E-state index contributed by atoms with van der Waals surface area (Å²) < 4.78 is 1.66. The van der Waals surface area contributed by atoms with Crippen LogP contribution in [0.25, 0.3) is 0 Å². The Bertz CT molecular complexity index is 174. The fourth-order valence-corrected chi connectivity index (χ4v) is 0.676. The Labute approximate surface area is 52.1 Å². The van der Waals surface area contributed by atoms with Crippen molar-refractivity contribution < 1.29 is 0 Å². The van der Waals surface area contributed by atoms with Crippen molar-refractivity contribution in [2.45, 2.75) is 0 Å². The molecule has 1 aromatic rings. The van der Waals surface area contributed by atoms with E-state index in [4.69, 9.17) is 17.3 Å². The largest absolute Gasteiger partial charge is 0.369 e. The standard InChI is InChI=1S/C4H6ClN3/c1-8-2-3(5)7-4(8)6/h2H,1H3,(H2,6,7). The van der Waals surface area contributed by atoms with Crippen molar-refractivity contribution in [3.05, 3.63) is 11.3 Å². The summed E-state index contributed by atoms with van der Waals surface area (Å²) in [4.78, 5) is 3.72. The Hall–Kier alpha value is -0.700. The molecular formula is C4H6ClN3. The van der Waals surface area contributed by atoms with Crippen molar-refractivity contribution in [1.29, 1.82) is 0 Å². The third-order valence-electron chi connectivity index (χ3n) is 0.883. The van der Waals surface area contributed by atoms with E-state index in [1.807, 2.05) is 0 Å². The first kappa shape index (κ1) is 5.44. The maximum Gasteiger partial charge on any atom is 0.201 e. The van der Waals surface area contributed by atoms with Gasteiger partial charge in [0, 0.05) is 13.2 Å². The van der Waals surface area contributed by atoms with Crippen LogP contribution in [0.4, 0.5) is 5.95 Å². The summed E-state index contributed by atoms with van der Waals surface area (Å²) in [5, 5.41) is 0.435. The van der Waals surface area contributed by atoms with Crippen LogP contribution >= 0.6 is 11.6 Å². The molecular weight excluding hydrogens is 126 g/mol. The van der Waals surface area contributed by atoms with Crippen molar-refractivity contribution in [3.63, 3.8) is 0 Å². The minimum Gasteiger partial charge on any atom is -0.369 e. The number of imidazole rings is 1. The van der Waals surface area contributed by atoms with Gasteiger partial charge in [-0.25, -0.2) is 4.98 Å². The highest BCUT2D eigenvalue weighted by Crippen LogP contribution is 2.06. The van der Waals surface area contributed by atoms with Crippen LogP contribution in [0.1, 0.15) is 0 Å². The maximum atomic E-state index is 5.45. The molecule has 2 N–H and O–H groups in total. The zero-order valence-electron chi connectivity index (χ0n) is 4.43. The van der Waals surface area contributed by atoms with Crippen molar-refractivity contribution >= 4 is 17.5 Å². The lowest BCUT2D eigenvalue weighted by atomic mass is 10.9. The molecule has 0 aliphatic carbocycles. The number of nitrogen functional groups attached to an aromatic ring is 1. The molecule has 0 fully saturated rings. The van der Waals surface area contributed by atoms with Gasteiger partial charge in [-0.05, 0) is 0 Å². The summed E-state index contributed by atoms with van der Waals surface area (Å²) in [6.45, 7) is 0. The minimum atomic E-state index is 0.435. The Balaban J connectivity index is 3.14. The van der Waals surface area contributed by atoms with Gasteiger partial charge < -0.3 is 10.3 Å². The average Bonchev–Trinajstić information content (AvgIpc) is 1.85. The van der Waals surface area contributed by atoms with Gasteiger partial charge in [0.2, 0.25) is 5.95 Å². The molecule has 0 aliphatic rings. The zero-order chi connectivity index (χ0) is 6.15. The molecule has 3 nitrogen and oxygen atoms in total. The number of hydrogen-bond acceptors (Lipinski definition) is 2. The summed E-state index contributed by atoms with van der Waals surface area (Å²) in [6, 6.07) is 0. The lowest BCUT2D eigenvalue weighted by Crippen LogP contribution is -1.94. The van der Waals surface area contributed by atoms with Crippen LogP contribution in [-0.2, 0) is 7.05 Å². The fourth-order valence-electron chi connectivity index (χ4n) is 0.443. The molecule has 1 aromatic heterocycles. The molecule has 0 radical (unpaired) electrons. The molecule has 0 saturated carbocycles. The van der Waals surface area contributed by atoms with Crippen LogP contribution in [0, 0.1) is 0 Å². The summed E-state index contributed by atoms with van der Waals surface area (Å²) >= 11 is 5.45. The third-order valence-corrected chi connectivity index (χ3v) is 1.07. The topological polar surface area (TPSA) is 43.8 Å². The second-order valence-electron chi connectivity index (χ2n) is 1.53. The predicted octanol–water partition coefficient (Wildman–Crippen LogP) is 0.656. The summed E-state index contributed by atoms with van der Waals surface area (Å²) in [6.07, 6.45) is 1.65. The van der Waals surface area contributed by atoms with Gasteiger partial charge in [-0.15, -0.1) is 0 Å². The number of anilines is 1. The molecule has 0 saturated heterocycles. The number of halogens is 1. The summed E-state index contributed by atoms with van der Waals surface area (Å²) in [5.41, 5.74) is 5.31. The molecule has 0 aliphatic heterocycles. The molecule has 0 spiro atoms. The van der Waals surface area contributed by atoms with E-state index in [1.54, 1.807) is 17.8 Å². The highest BCUT2D eigenvalue weighted by molar-refractivity contribution is 6.29. The monoisotopic (exact) mass is 131 g/mol. The summed E-state index contributed by atoms with van der Waals surface area (Å²) in [5.74, 6) is 0.440. The molecule has 1 rings (SSSR count). The highest BCUT2D eigenvalue weighted by atomic mass is 35.5. The van der Waals surface area contributed by atoms with Gasteiger partial charge in [-0.1, -0.05) is 11.6 Å². The van der Waals surface area contributed by atoms with E-state index >= 15 is 0 Å². The van der Waals surface area contributed by atoms with E-state index < -0.39 is 0 Å². The number of aryl methyl sites for hydroxylation is 1. The van der Waals surface area contributed by atoms with E-state index in [2.05, 4.69) is 4.98 Å². The quantitative estimate of drug-likeness (QED) is 0.562. The first-order chi connectivity index (χ1) is 3.70. The van der Waals surface area contributed by atoms with Crippen LogP contribution in [0.15, 0.2) is 6.20 Å². The van der Waals surface area contributed by atoms with Crippen LogP contribution < -0.4 is 5.73 Å². The second-order valence-corrected chi connectivity index (χ2v) is 1.92. The molecule has 0 atom stereocenters. The van der Waals surface area contributed by atoms with Crippen molar-refractivity contribution in [2.75, 3.05) is 5.73 Å². The van der Waals surface area contributed by atoms with Gasteiger partial charge in [0.15, 0.2) is 0 Å². The first-order valence-corrected chi connectivity index (χ1v) is 2.52. The number of nitrogens with zero attached hydrogens (tertiary/aromatic N) is 2. The minimum absolute atomic E-state index is 0.435. The van der Waals surface area contributed by atoms with E-state index in [0.29, 0.717) is 11.1 Å². The van der Waals surface area contributed by atoms with Crippen molar-refractivity contribution in [3.8, 4) is 0 Å². The number of rotatable bonds is 0. The van der Waals surface area contributed by atoms with Gasteiger partial charge >= 0.3 is 0 Å². The Morgan fingerprint density at radius 2 is 2.50 bits per heavy atom. The molecule has 0 bridgehead atoms. The van der Waals surface area contributed by atoms with E-state index in [9.17, 15) is 0 Å². The average molecular weight is 132 g/mol.